The average molecular weight is 254 g/mol. The fourth-order valence-electron chi connectivity index (χ4n) is 1.22. The monoisotopic (exact) mass is 254 g/mol. The fourth-order valence-corrected chi connectivity index (χ4v) is 1.22. The van der Waals surface area contributed by atoms with Gasteiger partial charge in [-0.1, -0.05) is 0 Å². The van der Waals surface area contributed by atoms with E-state index in [9.17, 15) is 19.3 Å². The Labute approximate surface area is 102 Å². The van der Waals surface area contributed by atoms with Crippen molar-refractivity contribution < 1.29 is 18.8 Å². The van der Waals surface area contributed by atoms with Gasteiger partial charge in [-0.3, -0.25) is 10.1 Å². The number of nitro groups is 1. The highest BCUT2D eigenvalue weighted by Gasteiger charge is 2.13. The third kappa shape index (κ3) is 3.27. The quantitative estimate of drug-likeness (QED) is 0.291. The van der Waals surface area contributed by atoms with Crippen molar-refractivity contribution in [3.63, 3.8) is 0 Å². The van der Waals surface area contributed by atoms with Crippen LogP contribution in [0.3, 0.4) is 0 Å². The van der Waals surface area contributed by atoms with E-state index in [0.717, 1.165) is 18.2 Å². The molecule has 0 bridgehead atoms. The second-order valence-electron chi connectivity index (χ2n) is 3.27. The second-order valence-corrected chi connectivity index (χ2v) is 3.27. The molecule has 0 radical (unpaired) electrons. The Morgan fingerprint density at radius 3 is 2.83 bits per heavy atom. The molecule has 18 heavy (non-hydrogen) atoms. The number of ether oxygens (including phenoxy) is 1. The number of halogens is 1. The number of esters is 1. The third-order valence-corrected chi connectivity index (χ3v) is 2.04. The molecule has 6 nitrogen and oxygen atoms in total. The van der Waals surface area contributed by atoms with Crippen LogP contribution in [0.2, 0.25) is 0 Å². The summed E-state index contributed by atoms with van der Waals surface area (Å²) in [5, 5.41) is 10.5. The average Bonchev–Trinajstić information content (AvgIpc) is 2.31. The molecule has 0 spiro atoms. The number of rotatable bonds is 4. The van der Waals surface area contributed by atoms with E-state index < -0.39 is 22.4 Å². The first kappa shape index (κ1) is 13.6. The molecular weight excluding hydrogens is 243 g/mol. The number of non-ortho nitro benzene ring substituents is 1. The molecule has 0 atom stereocenters. The van der Waals surface area contributed by atoms with Crippen LogP contribution in [0.25, 0.3) is 6.08 Å². The van der Waals surface area contributed by atoms with Gasteiger partial charge in [-0.05, 0) is 13.0 Å². The molecule has 7 heteroatoms. The van der Waals surface area contributed by atoms with Gasteiger partial charge in [0.1, 0.15) is 0 Å². The van der Waals surface area contributed by atoms with E-state index in [1.165, 1.54) is 6.08 Å². The van der Waals surface area contributed by atoms with Crippen molar-refractivity contribution >= 4 is 23.4 Å². The normalized spacial score (nSPS) is 10.6. The molecule has 0 heterocycles. The minimum atomic E-state index is -0.910. The number of hydrogen-bond donors (Lipinski definition) is 1. The van der Waals surface area contributed by atoms with Gasteiger partial charge in [-0.15, -0.1) is 0 Å². The van der Waals surface area contributed by atoms with E-state index in [1.54, 1.807) is 6.92 Å². The minimum Gasteiger partial charge on any atom is -0.463 e. The number of benzene rings is 1. The van der Waals surface area contributed by atoms with Crippen LogP contribution in [0, 0.1) is 15.9 Å². The Balaban J connectivity index is 3.08. The first-order chi connectivity index (χ1) is 8.45. The second kappa shape index (κ2) is 5.76. The molecule has 0 aromatic heterocycles. The Morgan fingerprint density at radius 2 is 2.28 bits per heavy atom. The zero-order valence-corrected chi connectivity index (χ0v) is 9.55. The first-order valence-electron chi connectivity index (χ1n) is 5.04. The summed E-state index contributed by atoms with van der Waals surface area (Å²) >= 11 is 0. The predicted molar refractivity (Wildman–Crippen MR) is 63.1 cm³/mol. The minimum absolute atomic E-state index is 0.0507. The Bertz CT molecular complexity index is 514. The summed E-state index contributed by atoms with van der Waals surface area (Å²) in [6.07, 6.45) is 2.20. The van der Waals surface area contributed by atoms with Crippen LogP contribution >= 0.6 is 0 Å². The molecule has 2 N–H and O–H groups in total. The summed E-state index contributed by atoms with van der Waals surface area (Å²) in [5.74, 6) is -1.54. The van der Waals surface area contributed by atoms with Gasteiger partial charge < -0.3 is 10.5 Å². The van der Waals surface area contributed by atoms with Gasteiger partial charge in [-0.2, -0.15) is 0 Å². The molecule has 0 saturated heterocycles. The van der Waals surface area contributed by atoms with Gasteiger partial charge in [0.2, 0.25) is 0 Å². The summed E-state index contributed by atoms with van der Waals surface area (Å²) in [4.78, 5) is 20.8. The lowest BCUT2D eigenvalue weighted by atomic mass is 10.1. The largest absolute Gasteiger partial charge is 0.463 e. The maximum Gasteiger partial charge on any atom is 0.330 e. The van der Waals surface area contributed by atoms with E-state index in [0.29, 0.717) is 0 Å². The predicted octanol–water partition coefficient (Wildman–Crippen LogP) is 1.89. The molecule has 1 aromatic carbocycles. The number of hydrogen-bond acceptors (Lipinski definition) is 5. The third-order valence-electron chi connectivity index (χ3n) is 2.04. The summed E-state index contributed by atoms with van der Waals surface area (Å²) in [7, 11) is 0. The van der Waals surface area contributed by atoms with Gasteiger partial charge in [-0.25, -0.2) is 9.18 Å². The molecule has 0 fully saturated rings. The van der Waals surface area contributed by atoms with Crippen LogP contribution in [0.4, 0.5) is 15.8 Å². The summed E-state index contributed by atoms with van der Waals surface area (Å²) in [6.45, 7) is 1.83. The molecule has 96 valence electrons. The van der Waals surface area contributed by atoms with Crippen LogP contribution in [0.5, 0.6) is 0 Å². The Morgan fingerprint density at radius 1 is 1.61 bits per heavy atom. The number of nitrogens with two attached hydrogens (primary N) is 1. The molecule has 0 amide bonds. The SMILES string of the molecule is CCOC(=O)C=Cc1cc([N+](=O)[O-])cc(F)c1N. The molecule has 0 aliphatic rings. The number of nitrogens with zero attached hydrogens (tertiary/aromatic N) is 1. The maximum absolute atomic E-state index is 13.3. The van der Waals surface area contributed by atoms with E-state index in [1.807, 2.05) is 0 Å². The van der Waals surface area contributed by atoms with Crippen molar-refractivity contribution in [2.24, 2.45) is 0 Å². The van der Waals surface area contributed by atoms with Crippen molar-refractivity contribution in [1.29, 1.82) is 0 Å². The van der Waals surface area contributed by atoms with Crippen molar-refractivity contribution in [2.45, 2.75) is 6.92 Å². The number of anilines is 1. The Kier molecular flexibility index (Phi) is 4.36. The molecule has 1 rings (SSSR count). The van der Waals surface area contributed by atoms with E-state index >= 15 is 0 Å². The van der Waals surface area contributed by atoms with Crippen molar-refractivity contribution in [2.75, 3.05) is 12.3 Å². The summed E-state index contributed by atoms with van der Waals surface area (Å²) < 4.78 is 17.9. The molecule has 0 unspecified atom stereocenters. The van der Waals surface area contributed by atoms with Crippen LogP contribution in [0.15, 0.2) is 18.2 Å². The van der Waals surface area contributed by atoms with E-state index in [-0.39, 0.29) is 17.9 Å². The van der Waals surface area contributed by atoms with E-state index in [4.69, 9.17) is 5.73 Å². The lowest BCUT2D eigenvalue weighted by Gasteiger charge is -2.02. The highest BCUT2D eigenvalue weighted by atomic mass is 19.1. The van der Waals surface area contributed by atoms with Crippen molar-refractivity contribution in [3.05, 3.63) is 39.7 Å². The Hall–Kier alpha value is -2.44. The van der Waals surface area contributed by atoms with Gasteiger partial charge in [0, 0.05) is 17.7 Å². The van der Waals surface area contributed by atoms with Crippen LogP contribution < -0.4 is 5.73 Å². The topological polar surface area (TPSA) is 95.5 Å². The van der Waals surface area contributed by atoms with Gasteiger partial charge in [0.15, 0.2) is 5.82 Å². The highest BCUT2D eigenvalue weighted by molar-refractivity contribution is 5.88. The number of nitrogen functional groups attached to an aromatic ring is 1. The molecule has 0 aliphatic carbocycles. The lowest BCUT2D eigenvalue weighted by molar-refractivity contribution is -0.385. The molecular formula is C11H11FN2O4. The van der Waals surface area contributed by atoms with Gasteiger partial charge >= 0.3 is 5.97 Å². The zero-order chi connectivity index (χ0) is 13.7. The number of carbonyl (C=O) groups is 1. The molecule has 0 saturated carbocycles. The number of nitro benzene ring substituents is 1. The van der Waals surface area contributed by atoms with E-state index in [2.05, 4.69) is 4.74 Å². The molecule has 1 aromatic rings. The zero-order valence-electron chi connectivity index (χ0n) is 9.55. The van der Waals surface area contributed by atoms with Gasteiger partial charge in [0.05, 0.1) is 23.3 Å². The fraction of sp³-hybridized carbons (Fsp3) is 0.182. The lowest BCUT2D eigenvalue weighted by Crippen LogP contribution is -2.00. The van der Waals surface area contributed by atoms with Crippen molar-refractivity contribution in [1.82, 2.24) is 0 Å². The summed E-state index contributed by atoms with van der Waals surface area (Å²) in [6, 6.07) is 1.80. The number of carbonyl (C=O) groups excluding carboxylic acids is 1. The molecule has 0 aliphatic heterocycles. The standard InChI is InChI=1S/C11H11FN2O4/c1-2-18-10(15)4-3-7-5-8(14(16)17)6-9(12)11(7)13/h3-6H,2,13H2,1H3. The smallest absolute Gasteiger partial charge is 0.330 e. The maximum atomic E-state index is 13.3. The summed E-state index contributed by atoms with van der Waals surface area (Å²) in [5.41, 5.74) is 4.76. The van der Waals surface area contributed by atoms with Crippen molar-refractivity contribution in [3.8, 4) is 0 Å². The van der Waals surface area contributed by atoms with Crippen LogP contribution in [-0.2, 0) is 9.53 Å². The highest BCUT2D eigenvalue weighted by Crippen LogP contribution is 2.24. The first-order valence-corrected chi connectivity index (χ1v) is 5.04. The van der Waals surface area contributed by atoms with Crippen LogP contribution in [-0.4, -0.2) is 17.5 Å². The van der Waals surface area contributed by atoms with Crippen LogP contribution in [0.1, 0.15) is 12.5 Å². The van der Waals surface area contributed by atoms with Gasteiger partial charge in [0.25, 0.3) is 5.69 Å².